The van der Waals surface area contributed by atoms with Crippen molar-refractivity contribution < 1.29 is 23.5 Å². The zero-order chi connectivity index (χ0) is 26.8. The second-order valence-electron chi connectivity index (χ2n) is 10.1. The fraction of sp³-hybridized carbons (Fsp3) is 0.400. The van der Waals surface area contributed by atoms with Crippen LogP contribution in [0.4, 0.5) is 0 Å². The summed E-state index contributed by atoms with van der Waals surface area (Å²) in [5, 5.41) is 2.31. The van der Waals surface area contributed by atoms with Gasteiger partial charge in [0, 0.05) is 20.3 Å². The highest BCUT2D eigenvalue weighted by atomic mass is 28.4. The van der Waals surface area contributed by atoms with Gasteiger partial charge in [0.1, 0.15) is 12.7 Å². The van der Waals surface area contributed by atoms with E-state index in [0.717, 1.165) is 11.1 Å². The number of benzene rings is 2. The van der Waals surface area contributed by atoms with E-state index in [2.05, 4.69) is 69.3 Å². The van der Waals surface area contributed by atoms with E-state index in [0.29, 0.717) is 13.0 Å². The van der Waals surface area contributed by atoms with Crippen molar-refractivity contribution in [1.82, 2.24) is 0 Å². The number of ether oxygens (including phenoxy) is 2. The maximum atomic E-state index is 11.8. The van der Waals surface area contributed by atoms with Crippen LogP contribution in [-0.4, -0.2) is 39.6 Å². The third kappa shape index (κ3) is 8.03. The number of hydrogen-bond donors (Lipinski definition) is 0. The summed E-state index contributed by atoms with van der Waals surface area (Å²) < 4.78 is 17.6. The predicted octanol–water partition coefficient (Wildman–Crippen LogP) is 5.34. The SMILES string of the molecule is CC(=O)OC/C(C)=C/C[C@H](OC(C)=O)/C(C)=C/CO[Si](c1ccccc1)(c1ccccc1)C(C)(C)C. The lowest BCUT2D eigenvalue weighted by molar-refractivity contribution is -0.144. The molecule has 0 saturated heterocycles. The predicted molar refractivity (Wildman–Crippen MR) is 148 cm³/mol. The molecule has 2 rings (SSSR count). The van der Waals surface area contributed by atoms with Gasteiger partial charge in [-0.3, -0.25) is 9.59 Å². The summed E-state index contributed by atoms with van der Waals surface area (Å²) in [5.41, 5.74) is 1.82. The van der Waals surface area contributed by atoms with Crippen molar-refractivity contribution in [3.8, 4) is 0 Å². The van der Waals surface area contributed by atoms with Gasteiger partial charge < -0.3 is 13.9 Å². The molecule has 6 heteroatoms. The third-order valence-corrected chi connectivity index (χ3v) is 11.1. The summed E-state index contributed by atoms with van der Waals surface area (Å²) in [6.45, 7) is 14.0. The first-order valence-electron chi connectivity index (χ1n) is 12.3. The highest BCUT2D eigenvalue weighted by Crippen LogP contribution is 2.36. The standard InChI is InChI=1S/C30H40O5Si/c1-23(22-33-25(3)31)18-19-29(35-26(4)32)24(2)20-21-34-36(30(5,6)7,27-14-10-8-11-15-27)28-16-12-9-13-17-28/h8-18,20,29H,19,21-22H2,1-7H3/b23-18+,24-20+/t29-/m0/s1. The van der Waals surface area contributed by atoms with Crippen LogP contribution in [-0.2, 0) is 23.5 Å². The molecule has 0 aliphatic carbocycles. The first-order valence-corrected chi connectivity index (χ1v) is 14.3. The van der Waals surface area contributed by atoms with Crippen molar-refractivity contribution in [3.05, 3.63) is 84.0 Å². The Kier molecular flexibility index (Phi) is 10.9. The van der Waals surface area contributed by atoms with Gasteiger partial charge in [-0.05, 0) is 40.4 Å². The highest BCUT2D eigenvalue weighted by Gasteiger charge is 2.49. The minimum Gasteiger partial charge on any atom is -0.461 e. The van der Waals surface area contributed by atoms with Crippen molar-refractivity contribution in [2.75, 3.05) is 13.2 Å². The molecule has 0 bridgehead atoms. The Bertz CT molecular complexity index is 1010. The molecule has 0 aliphatic heterocycles. The van der Waals surface area contributed by atoms with Crippen molar-refractivity contribution in [1.29, 1.82) is 0 Å². The van der Waals surface area contributed by atoms with Crippen LogP contribution >= 0.6 is 0 Å². The van der Waals surface area contributed by atoms with Crippen LogP contribution < -0.4 is 10.4 Å². The van der Waals surface area contributed by atoms with E-state index < -0.39 is 14.4 Å². The number of carbonyl (C=O) groups is 2. The van der Waals surface area contributed by atoms with Crippen LogP contribution in [0.15, 0.2) is 84.0 Å². The van der Waals surface area contributed by atoms with Gasteiger partial charge >= 0.3 is 11.9 Å². The van der Waals surface area contributed by atoms with E-state index >= 15 is 0 Å². The number of rotatable bonds is 11. The Labute approximate surface area is 217 Å². The molecule has 2 aromatic rings. The molecule has 0 aromatic heterocycles. The molecule has 1 atom stereocenters. The zero-order valence-corrected chi connectivity index (χ0v) is 23.7. The minimum atomic E-state index is -2.65. The maximum absolute atomic E-state index is 11.8. The van der Waals surface area contributed by atoms with Crippen LogP contribution in [0.3, 0.4) is 0 Å². The van der Waals surface area contributed by atoms with Gasteiger partial charge in [0.2, 0.25) is 0 Å². The largest absolute Gasteiger partial charge is 0.461 e. The van der Waals surface area contributed by atoms with Crippen LogP contribution in [0.25, 0.3) is 0 Å². The molecular weight excluding hydrogens is 468 g/mol. The lowest BCUT2D eigenvalue weighted by Crippen LogP contribution is -2.66. The molecule has 0 spiro atoms. The Balaban J connectivity index is 2.34. The van der Waals surface area contributed by atoms with E-state index in [-0.39, 0.29) is 23.6 Å². The average molecular weight is 509 g/mol. The number of hydrogen-bond acceptors (Lipinski definition) is 5. The average Bonchev–Trinajstić information content (AvgIpc) is 2.83. The van der Waals surface area contributed by atoms with E-state index in [1.165, 1.54) is 24.2 Å². The van der Waals surface area contributed by atoms with Gasteiger partial charge in [0.05, 0.1) is 6.61 Å². The highest BCUT2D eigenvalue weighted by molar-refractivity contribution is 6.99. The molecule has 5 nitrogen and oxygen atoms in total. The summed E-state index contributed by atoms with van der Waals surface area (Å²) in [7, 11) is -2.65. The molecule has 0 amide bonds. The third-order valence-electron chi connectivity index (χ3n) is 6.12. The quantitative estimate of drug-likeness (QED) is 0.233. The van der Waals surface area contributed by atoms with E-state index in [4.69, 9.17) is 13.9 Å². The summed E-state index contributed by atoms with van der Waals surface area (Å²) in [5.74, 6) is -0.664. The van der Waals surface area contributed by atoms with Crippen LogP contribution in [0.5, 0.6) is 0 Å². The van der Waals surface area contributed by atoms with Gasteiger partial charge in [-0.1, -0.05) is 93.6 Å². The second-order valence-corrected chi connectivity index (χ2v) is 14.4. The van der Waals surface area contributed by atoms with Crippen LogP contribution in [0.2, 0.25) is 5.04 Å². The van der Waals surface area contributed by atoms with E-state index in [1.807, 2.05) is 38.1 Å². The molecule has 0 radical (unpaired) electrons. The topological polar surface area (TPSA) is 61.8 Å². The molecule has 0 N–H and O–H groups in total. The monoisotopic (exact) mass is 508 g/mol. The molecule has 0 unspecified atom stereocenters. The first kappa shape index (κ1) is 29.3. The van der Waals surface area contributed by atoms with Crippen LogP contribution in [0.1, 0.15) is 54.9 Å². The maximum Gasteiger partial charge on any atom is 0.303 e. The molecule has 0 heterocycles. The Hall–Kier alpha value is -2.96. The Morgan fingerprint density at radius 1 is 0.833 bits per heavy atom. The molecule has 0 fully saturated rings. The van der Waals surface area contributed by atoms with Crippen molar-refractivity contribution in [3.63, 3.8) is 0 Å². The van der Waals surface area contributed by atoms with Crippen molar-refractivity contribution in [2.45, 2.75) is 66.0 Å². The molecule has 36 heavy (non-hydrogen) atoms. The van der Waals surface area contributed by atoms with E-state index in [9.17, 15) is 9.59 Å². The number of esters is 2. The Morgan fingerprint density at radius 2 is 1.36 bits per heavy atom. The molecule has 2 aromatic carbocycles. The summed E-state index contributed by atoms with van der Waals surface area (Å²) >= 11 is 0. The minimum absolute atomic E-state index is 0.122. The number of carbonyl (C=O) groups excluding carboxylic acids is 2. The van der Waals surface area contributed by atoms with Gasteiger partial charge in [-0.2, -0.15) is 0 Å². The second kappa shape index (κ2) is 13.4. The summed E-state index contributed by atoms with van der Waals surface area (Å²) in [6.07, 6.45) is 4.03. The molecule has 0 saturated carbocycles. The van der Waals surface area contributed by atoms with Gasteiger partial charge in [0.15, 0.2) is 0 Å². The van der Waals surface area contributed by atoms with Crippen molar-refractivity contribution in [2.24, 2.45) is 0 Å². The molecular formula is C30H40O5Si. The normalized spacial score (nSPS) is 13.8. The summed E-state index contributed by atoms with van der Waals surface area (Å²) in [6, 6.07) is 21.0. The summed E-state index contributed by atoms with van der Waals surface area (Å²) in [4.78, 5) is 22.9. The Morgan fingerprint density at radius 3 is 1.81 bits per heavy atom. The van der Waals surface area contributed by atoms with Gasteiger partial charge in [-0.15, -0.1) is 0 Å². The van der Waals surface area contributed by atoms with Gasteiger partial charge in [-0.25, -0.2) is 0 Å². The van der Waals surface area contributed by atoms with Crippen LogP contribution in [0, 0.1) is 0 Å². The first-order chi connectivity index (χ1) is 17.0. The van der Waals surface area contributed by atoms with Crippen molar-refractivity contribution >= 4 is 30.6 Å². The fourth-order valence-corrected chi connectivity index (χ4v) is 8.79. The molecule has 0 aliphatic rings. The smallest absolute Gasteiger partial charge is 0.303 e. The lowest BCUT2D eigenvalue weighted by Gasteiger charge is -2.42. The van der Waals surface area contributed by atoms with Gasteiger partial charge in [0.25, 0.3) is 8.32 Å². The fourth-order valence-electron chi connectivity index (χ4n) is 4.30. The zero-order valence-electron chi connectivity index (χ0n) is 22.7. The van der Waals surface area contributed by atoms with E-state index in [1.54, 1.807) is 0 Å². The lowest BCUT2D eigenvalue weighted by atomic mass is 10.1. The molecule has 194 valence electrons.